The number of carbonyl (C=O) groups is 1. The summed E-state index contributed by atoms with van der Waals surface area (Å²) in [7, 11) is 0. The zero-order valence-corrected chi connectivity index (χ0v) is 12.8. The quantitative estimate of drug-likeness (QED) is 0.683. The van der Waals surface area contributed by atoms with E-state index in [2.05, 4.69) is 11.1 Å². The molecule has 0 atom stereocenters. The maximum atomic E-state index is 11.9. The van der Waals surface area contributed by atoms with Gasteiger partial charge < -0.3 is 4.74 Å². The molecular formula is C20H14N2O2. The number of carbonyl (C=O) groups excluding carboxylic acids is 1. The van der Waals surface area contributed by atoms with E-state index in [4.69, 9.17) is 4.74 Å². The monoisotopic (exact) mass is 314 g/mol. The van der Waals surface area contributed by atoms with E-state index < -0.39 is 5.97 Å². The fourth-order valence-electron chi connectivity index (χ4n) is 2.32. The van der Waals surface area contributed by atoms with Crippen LogP contribution in [0.3, 0.4) is 0 Å². The van der Waals surface area contributed by atoms with Crippen molar-refractivity contribution in [2.24, 2.45) is 0 Å². The highest BCUT2D eigenvalue weighted by molar-refractivity contribution is 5.87. The Labute approximate surface area is 140 Å². The summed E-state index contributed by atoms with van der Waals surface area (Å²) in [6, 6.07) is 22.3. The van der Waals surface area contributed by atoms with Gasteiger partial charge in [0.1, 0.15) is 12.3 Å². The van der Waals surface area contributed by atoms with Crippen molar-refractivity contribution in [1.29, 1.82) is 5.26 Å². The van der Waals surface area contributed by atoms with E-state index in [0.717, 1.165) is 16.7 Å². The van der Waals surface area contributed by atoms with Gasteiger partial charge in [-0.15, -0.1) is 0 Å². The van der Waals surface area contributed by atoms with Crippen molar-refractivity contribution in [3.63, 3.8) is 0 Å². The molecule has 0 bridgehead atoms. The van der Waals surface area contributed by atoms with Gasteiger partial charge in [-0.2, -0.15) is 5.26 Å². The van der Waals surface area contributed by atoms with Crippen LogP contribution in [0.5, 0.6) is 0 Å². The van der Waals surface area contributed by atoms with E-state index in [-0.39, 0.29) is 12.3 Å². The van der Waals surface area contributed by atoms with Crippen LogP contribution in [0.15, 0.2) is 72.9 Å². The third-order valence-corrected chi connectivity index (χ3v) is 3.56. The van der Waals surface area contributed by atoms with E-state index >= 15 is 0 Å². The van der Waals surface area contributed by atoms with Crippen LogP contribution in [0, 0.1) is 11.3 Å². The lowest BCUT2D eigenvalue weighted by molar-refractivity contribution is 0.0466. The second kappa shape index (κ2) is 7.21. The van der Waals surface area contributed by atoms with Crippen molar-refractivity contribution in [1.82, 2.24) is 4.98 Å². The molecular weight excluding hydrogens is 300 g/mol. The first-order valence-corrected chi connectivity index (χ1v) is 7.44. The topological polar surface area (TPSA) is 63.0 Å². The molecule has 24 heavy (non-hydrogen) atoms. The molecule has 0 saturated carbocycles. The number of benzene rings is 2. The number of hydrogen-bond acceptors (Lipinski definition) is 4. The van der Waals surface area contributed by atoms with Gasteiger partial charge in [0.2, 0.25) is 0 Å². The first-order chi connectivity index (χ1) is 11.8. The van der Waals surface area contributed by atoms with E-state index in [1.165, 1.54) is 0 Å². The van der Waals surface area contributed by atoms with Crippen LogP contribution in [0.4, 0.5) is 0 Å². The van der Waals surface area contributed by atoms with Crippen LogP contribution >= 0.6 is 0 Å². The highest BCUT2D eigenvalue weighted by Gasteiger charge is 2.08. The fourth-order valence-corrected chi connectivity index (χ4v) is 2.32. The lowest BCUT2D eigenvalue weighted by atomic mass is 9.99. The van der Waals surface area contributed by atoms with Gasteiger partial charge in [-0.25, -0.2) is 9.78 Å². The zero-order valence-electron chi connectivity index (χ0n) is 12.8. The molecule has 0 N–H and O–H groups in total. The van der Waals surface area contributed by atoms with Crippen molar-refractivity contribution in [3.05, 3.63) is 89.7 Å². The van der Waals surface area contributed by atoms with Crippen molar-refractivity contribution in [2.75, 3.05) is 0 Å². The van der Waals surface area contributed by atoms with Crippen molar-refractivity contribution >= 4 is 5.97 Å². The molecule has 0 amide bonds. The van der Waals surface area contributed by atoms with Gasteiger partial charge in [-0.05, 0) is 34.9 Å². The number of hydrogen-bond donors (Lipinski definition) is 0. The highest BCUT2D eigenvalue weighted by Crippen LogP contribution is 2.23. The normalized spacial score (nSPS) is 9.96. The maximum absolute atomic E-state index is 11.9. The smallest absolute Gasteiger partial charge is 0.357 e. The molecule has 3 rings (SSSR count). The Morgan fingerprint density at radius 3 is 2.46 bits per heavy atom. The molecule has 4 heteroatoms. The maximum Gasteiger partial charge on any atom is 0.357 e. The number of pyridine rings is 1. The van der Waals surface area contributed by atoms with Crippen molar-refractivity contribution in [2.45, 2.75) is 6.61 Å². The van der Waals surface area contributed by atoms with Crippen LogP contribution in [0.2, 0.25) is 0 Å². The summed E-state index contributed by atoms with van der Waals surface area (Å²) in [6.45, 7) is 0.176. The minimum Gasteiger partial charge on any atom is -0.456 e. The molecule has 0 aliphatic heterocycles. The average molecular weight is 314 g/mol. The lowest BCUT2D eigenvalue weighted by Gasteiger charge is -2.07. The van der Waals surface area contributed by atoms with E-state index in [9.17, 15) is 10.1 Å². The molecule has 2 aromatic carbocycles. The third-order valence-electron chi connectivity index (χ3n) is 3.56. The predicted molar refractivity (Wildman–Crippen MR) is 89.9 cm³/mol. The van der Waals surface area contributed by atoms with Gasteiger partial charge >= 0.3 is 5.97 Å². The third kappa shape index (κ3) is 3.47. The molecule has 0 aliphatic carbocycles. The summed E-state index contributed by atoms with van der Waals surface area (Å²) in [4.78, 5) is 15.8. The first kappa shape index (κ1) is 15.4. The molecule has 116 valence electrons. The number of aromatic nitrogens is 1. The SMILES string of the molecule is N#Cc1ccccc1-c1ccc(COC(=O)c2ccccn2)cc1. The summed E-state index contributed by atoms with van der Waals surface area (Å²) in [5, 5.41) is 9.17. The molecule has 4 nitrogen and oxygen atoms in total. The molecule has 0 radical (unpaired) electrons. The Bertz CT molecular complexity index is 882. The summed E-state index contributed by atoms with van der Waals surface area (Å²) in [5.74, 6) is -0.450. The highest BCUT2D eigenvalue weighted by atomic mass is 16.5. The molecule has 1 aromatic heterocycles. The number of nitriles is 1. The minimum absolute atomic E-state index is 0.176. The predicted octanol–water partition coefficient (Wildman–Crippen LogP) is 3.98. The Hall–Kier alpha value is -3.45. The van der Waals surface area contributed by atoms with Crippen LogP contribution in [0.1, 0.15) is 21.6 Å². The van der Waals surface area contributed by atoms with Gasteiger partial charge in [0, 0.05) is 6.20 Å². The standard InChI is InChI=1S/C20H14N2O2/c21-13-17-5-1-2-6-18(17)16-10-8-15(9-11-16)14-24-20(23)19-7-3-4-12-22-19/h1-12H,14H2. The second-order valence-corrected chi connectivity index (χ2v) is 5.15. The van der Waals surface area contributed by atoms with Gasteiger partial charge in [0.05, 0.1) is 11.6 Å². The number of ether oxygens (including phenoxy) is 1. The molecule has 0 spiro atoms. The molecule has 3 aromatic rings. The molecule has 0 saturated heterocycles. The van der Waals surface area contributed by atoms with E-state index in [1.54, 1.807) is 30.5 Å². The molecule has 0 unspecified atom stereocenters. The van der Waals surface area contributed by atoms with Crippen molar-refractivity contribution in [3.8, 4) is 17.2 Å². The van der Waals surface area contributed by atoms with Crippen LogP contribution < -0.4 is 0 Å². The average Bonchev–Trinajstić information content (AvgIpc) is 2.67. The summed E-state index contributed by atoms with van der Waals surface area (Å²) in [6.07, 6.45) is 1.55. The van der Waals surface area contributed by atoms with E-state index in [1.807, 2.05) is 42.5 Å². The number of rotatable bonds is 4. The Kier molecular flexibility index (Phi) is 4.64. The zero-order chi connectivity index (χ0) is 16.8. The minimum atomic E-state index is -0.450. The van der Waals surface area contributed by atoms with Crippen LogP contribution in [-0.4, -0.2) is 11.0 Å². The van der Waals surface area contributed by atoms with Gasteiger partial charge in [0.15, 0.2) is 0 Å². The van der Waals surface area contributed by atoms with Crippen molar-refractivity contribution < 1.29 is 9.53 Å². The van der Waals surface area contributed by atoms with Gasteiger partial charge in [-0.1, -0.05) is 48.5 Å². The van der Waals surface area contributed by atoms with E-state index in [0.29, 0.717) is 5.56 Å². The molecule has 1 heterocycles. The first-order valence-electron chi connectivity index (χ1n) is 7.44. The summed E-state index contributed by atoms with van der Waals surface area (Å²) < 4.78 is 5.25. The number of nitrogens with zero attached hydrogens (tertiary/aromatic N) is 2. The Balaban J connectivity index is 1.69. The molecule has 0 aliphatic rings. The Morgan fingerprint density at radius 1 is 1.00 bits per heavy atom. The number of esters is 1. The van der Waals surface area contributed by atoms with Crippen LogP contribution in [0.25, 0.3) is 11.1 Å². The van der Waals surface area contributed by atoms with Gasteiger partial charge in [-0.3, -0.25) is 0 Å². The lowest BCUT2D eigenvalue weighted by Crippen LogP contribution is -2.06. The summed E-state index contributed by atoms with van der Waals surface area (Å²) >= 11 is 0. The van der Waals surface area contributed by atoms with Crippen LogP contribution in [-0.2, 0) is 11.3 Å². The largest absolute Gasteiger partial charge is 0.456 e. The summed E-state index contributed by atoms with van der Waals surface area (Å²) in [5.41, 5.74) is 3.63. The molecule has 0 fully saturated rings. The Morgan fingerprint density at radius 2 is 1.75 bits per heavy atom. The van der Waals surface area contributed by atoms with Gasteiger partial charge in [0.25, 0.3) is 0 Å². The second-order valence-electron chi connectivity index (χ2n) is 5.15. The fraction of sp³-hybridized carbons (Fsp3) is 0.0500.